The number of pyridine rings is 1. The molecule has 1 aromatic rings. The number of anilines is 2. The maximum absolute atomic E-state index is 9.61. The number of aliphatic hydroxyl groups excluding tert-OH is 1. The van der Waals surface area contributed by atoms with Crippen LogP contribution in [0.25, 0.3) is 0 Å². The van der Waals surface area contributed by atoms with Crippen molar-refractivity contribution in [1.82, 2.24) is 4.98 Å². The van der Waals surface area contributed by atoms with Crippen molar-refractivity contribution in [3.8, 4) is 0 Å². The Bertz CT molecular complexity index is 381. The van der Waals surface area contributed by atoms with Crippen molar-refractivity contribution in [2.45, 2.75) is 38.7 Å². The zero-order valence-corrected chi connectivity index (χ0v) is 10.3. The van der Waals surface area contributed by atoms with Crippen LogP contribution in [0.4, 0.5) is 11.5 Å². The van der Waals surface area contributed by atoms with E-state index in [1.54, 1.807) is 0 Å². The van der Waals surface area contributed by atoms with E-state index in [0.717, 1.165) is 37.3 Å². The third kappa shape index (κ3) is 3.33. The van der Waals surface area contributed by atoms with Crippen LogP contribution in [-0.4, -0.2) is 22.7 Å². The first-order valence-electron chi connectivity index (χ1n) is 6.30. The molecule has 94 valence electrons. The summed E-state index contributed by atoms with van der Waals surface area (Å²) in [4.78, 5) is 4.38. The van der Waals surface area contributed by atoms with Crippen molar-refractivity contribution in [3.05, 3.63) is 17.8 Å². The monoisotopic (exact) mass is 235 g/mol. The van der Waals surface area contributed by atoms with E-state index < -0.39 is 0 Å². The van der Waals surface area contributed by atoms with E-state index in [0.29, 0.717) is 11.6 Å². The molecular formula is C13H21N3O. The van der Waals surface area contributed by atoms with Gasteiger partial charge in [-0.2, -0.15) is 0 Å². The molecule has 2 atom stereocenters. The Balaban J connectivity index is 1.90. The zero-order chi connectivity index (χ0) is 12.3. The van der Waals surface area contributed by atoms with E-state index in [2.05, 4.69) is 10.3 Å². The predicted molar refractivity (Wildman–Crippen MR) is 69.8 cm³/mol. The Morgan fingerprint density at radius 2 is 2.29 bits per heavy atom. The van der Waals surface area contributed by atoms with Crippen LogP contribution in [0.1, 0.15) is 31.4 Å². The molecule has 1 aliphatic rings. The van der Waals surface area contributed by atoms with Crippen LogP contribution in [0.3, 0.4) is 0 Å². The normalized spacial score (nSPS) is 24.6. The second-order valence-electron chi connectivity index (χ2n) is 4.96. The molecule has 2 unspecified atom stereocenters. The molecule has 0 aromatic carbocycles. The number of nitrogen functional groups attached to an aromatic ring is 1. The Morgan fingerprint density at radius 3 is 3.06 bits per heavy atom. The van der Waals surface area contributed by atoms with E-state index in [4.69, 9.17) is 5.73 Å². The van der Waals surface area contributed by atoms with Gasteiger partial charge in [-0.3, -0.25) is 0 Å². The first-order chi connectivity index (χ1) is 8.15. The standard InChI is InChI=1S/C13H21N3O/c1-9-5-6-12(14)13(16-9)15-8-10-3-2-4-11(17)7-10/h5-6,10-11,17H,2-4,7-8,14H2,1H3,(H,15,16). The molecule has 1 heterocycles. The van der Waals surface area contributed by atoms with Crippen molar-refractivity contribution in [3.63, 3.8) is 0 Å². The molecule has 0 bridgehead atoms. The summed E-state index contributed by atoms with van der Waals surface area (Å²) in [5.74, 6) is 1.30. The van der Waals surface area contributed by atoms with E-state index in [1.165, 1.54) is 6.42 Å². The summed E-state index contributed by atoms with van der Waals surface area (Å²) in [5, 5.41) is 12.9. The first-order valence-corrected chi connectivity index (χ1v) is 6.30. The van der Waals surface area contributed by atoms with Crippen molar-refractivity contribution >= 4 is 11.5 Å². The van der Waals surface area contributed by atoms with E-state index >= 15 is 0 Å². The maximum atomic E-state index is 9.61. The number of rotatable bonds is 3. The minimum absolute atomic E-state index is 0.127. The van der Waals surface area contributed by atoms with Gasteiger partial charge in [0.15, 0.2) is 0 Å². The highest BCUT2D eigenvalue weighted by atomic mass is 16.3. The molecule has 1 aliphatic carbocycles. The van der Waals surface area contributed by atoms with Gasteiger partial charge in [0.1, 0.15) is 5.82 Å². The molecule has 0 radical (unpaired) electrons. The van der Waals surface area contributed by atoms with Crippen LogP contribution >= 0.6 is 0 Å². The van der Waals surface area contributed by atoms with Crippen LogP contribution in [0.5, 0.6) is 0 Å². The van der Waals surface area contributed by atoms with Gasteiger partial charge in [0, 0.05) is 12.2 Å². The third-order valence-electron chi connectivity index (χ3n) is 3.38. The molecule has 1 saturated carbocycles. The van der Waals surface area contributed by atoms with Gasteiger partial charge < -0.3 is 16.2 Å². The Morgan fingerprint density at radius 1 is 1.47 bits per heavy atom. The Kier molecular flexibility index (Phi) is 3.84. The predicted octanol–water partition coefficient (Wildman–Crippen LogP) is 1.94. The minimum Gasteiger partial charge on any atom is -0.396 e. The topological polar surface area (TPSA) is 71.2 Å². The number of aromatic nitrogens is 1. The number of hydrogen-bond acceptors (Lipinski definition) is 4. The van der Waals surface area contributed by atoms with Gasteiger partial charge in [-0.05, 0) is 44.2 Å². The molecule has 2 rings (SSSR count). The summed E-state index contributed by atoms with van der Waals surface area (Å²) in [6, 6.07) is 3.78. The first kappa shape index (κ1) is 12.2. The lowest BCUT2D eigenvalue weighted by Gasteiger charge is -2.26. The molecule has 0 spiro atoms. The molecule has 0 saturated heterocycles. The second kappa shape index (κ2) is 5.36. The van der Waals surface area contributed by atoms with Crippen LogP contribution in [0.2, 0.25) is 0 Å². The molecule has 17 heavy (non-hydrogen) atoms. The lowest BCUT2D eigenvalue weighted by molar-refractivity contribution is 0.104. The van der Waals surface area contributed by atoms with Crippen molar-refractivity contribution in [1.29, 1.82) is 0 Å². The fourth-order valence-corrected chi connectivity index (χ4v) is 2.40. The summed E-state index contributed by atoms with van der Waals surface area (Å²) < 4.78 is 0. The summed E-state index contributed by atoms with van der Waals surface area (Å²) in [7, 11) is 0. The minimum atomic E-state index is -0.127. The van der Waals surface area contributed by atoms with Gasteiger partial charge in [-0.1, -0.05) is 6.42 Å². The third-order valence-corrected chi connectivity index (χ3v) is 3.38. The molecule has 0 amide bonds. The maximum Gasteiger partial charge on any atom is 0.149 e. The zero-order valence-electron chi connectivity index (χ0n) is 10.3. The van der Waals surface area contributed by atoms with E-state index in [-0.39, 0.29) is 6.10 Å². The number of aryl methyl sites for hydroxylation is 1. The largest absolute Gasteiger partial charge is 0.396 e. The number of aliphatic hydroxyl groups is 1. The van der Waals surface area contributed by atoms with Gasteiger partial charge in [-0.15, -0.1) is 0 Å². The van der Waals surface area contributed by atoms with E-state index in [9.17, 15) is 5.11 Å². The highest BCUT2D eigenvalue weighted by Crippen LogP contribution is 2.25. The Labute approximate surface area is 102 Å². The van der Waals surface area contributed by atoms with Gasteiger partial charge in [0.25, 0.3) is 0 Å². The van der Waals surface area contributed by atoms with Crippen molar-refractivity contribution in [2.24, 2.45) is 5.92 Å². The summed E-state index contributed by atoms with van der Waals surface area (Å²) in [6.07, 6.45) is 4.00. The molecule has 1 fully saturated rings. The van der Waals surface area contributed by atoms with Crippen LogP contribution in [0, 0.1) is 12.8 Å². The molecule has 4 heteroatoms. The van der Waals surface area contributed by atoms with Crippen LogP contribution < -0.4 is 11.1 Å². The molecular weight excluding hydrogens is 214 g/mol. The lowest BCUT2D eigenvalue weighted by atomic mass is 9.87. The Hall–Kier alpha value is -1.29. The fraction of sp³-hybridized carbons (Fsp3) is 0.615. The number of hydrogen-bond donors (Lipinski definition) is 3. The van der Waals surface area contributed by atoms with Gasteiger partial charge >= 0.3 is 0 Å². The van der Waals surface area contributed by atoms with Crippen LogP contribution in [0.15, 0.2) is 12.1 Å². The number of nitrogens with two attached hydrogens (primary N) is 1. The summed E-state index contributed by atoms with van der Waals surface area (Å²) in [6.45, 7) is 2.80. The number of nitrogens with one attached hydrogen (secondary N) is 1. The quantitative estimate of drug-likeness (QED) is 0.748. The van der Waals surface area contributed by atoms with Gasteiger partial charge in [0.05, 0.1) is 11.8 Å². The summed E-state index contributed by atoms with van der Waals surface area (Å²) in [5.41, 5.74) is 7.51. The molecule has 4 nitrogen and oxygen atoms in total. The highest BCUT2D eigenvalue weighted by molar-refractivity contribution is 5.61. The lowest BCUT2D eigenvalue weighted by Crippen LogP contribution is -2.25. The average Bonchev–Trinajstić information content (AvgIpc) is 2.30. The fourth-order valence-electron chi connectivity index (χ4n) is 2.40. The molecule has 0 aliphatic heterocycles. The van der Waals surface area contributed by atoms with Gasteiger partial charge in [-0.25, -0.2) is 4.98 Å². The average molecular weight is 235 g/mol. The van der Waals surface area contributed by atoms with Gasteiger partial charge in [0.2, 0.25) is 0 Å². The van der Waals surface area contributed by atoms with Crippen LogP contribution in [-0.2, 0) is 0 Å². The smallest absolute Gasteiger partial charge is 0.149 e. The summed E-state index contributed by atoms with van der Waals surface area (Å²) >= 11 is 0. The SMILES string of the molecule is Cc1ccc(N)c(NCC2CCCC(O)C2)n1. The van der Waals surface area contributed by atoms with Crippen molar-refractivity contribution < 1.29 is 5.11 Å². The van der Waals surface area contributed by atoms with E-state index in [1.807, 2.05) is 19.1 Å². The molecule has 1 aromatic heterocycles. The molecule has 4 N–H and O–H groups in total. The number of nitrogens with zero attached hydrogens (tertiary/aromatic N) is 1. The highest BCUT2D eigenvalue weighted by Gasteiger charge is 2.20. The second-order valence-corrected chi connectivity index (χ2v) is 4.96. The van der Waals surface area contributed by atoms with Crippen molar-refractivity contribution in [2.75, 3.05) is 17.6 Å².